The SMILES string of the molecule is COC(=O)C1=CO[C@@H](O[C@@H]2O[C@H](CO)[C@@H](O)[C@H](O)[C@H]2O)/C(=C/CO)[C@@H]1CC(=O)OC[C@@H](OC)c1ccc(O)c(O)c1. The van der Waals surface area contributed by atoms with Gasteiger partial charge in [0.25, 0.3) is 0 Å². The summed E-state index contributed by atoms with van der Waals surface area (Å²) >= 11 is 0. The van der Waals surface area contributed by atoms with Crippen LogP contribution < -0.4 is 0 Å². The average molecular weight is 587 g/mol. The Morgan fingerprint density at radius 2 is 1.78 bits per heavy atom. The molecule has 2 aliphatic heterocycles. The van der Waals surface area contributed by atoms with Gasteiger partial charge in [-0.15, -0.1) is 0 Å². The van der Waals surface area contributed by atoms with Gasteiger partial charge in [-0.2, -0.15) is 0 Å². The first-order chi connectivity index (χ1) is 19.6. The molecular formula is C26H34O15. The molecule has 2 aliphatic rings. The Bertz CT molecular complexity index is 1120. The first kappa shape index (κ1) is 32.2. The monoisotopic (exact) mass is 586 g/mol. The van der Waals surface area contributed by atoms with Crippen LogP contribution in [0.25, 0.3) is 0 Å². The van der Waals surface area contributed by atoms with Gasteiger partial charge in [-0.05, 0) is 17.7 Å². The molecule has 0 amide bonds. The number of ether oxygens (including phenoxy) is 6. The molecule has 0 spiro atoms. The maximum absolute atomic E-state index is 12.9. The van der Waals surface area contributed by atoms with Crippen molar-refractivity contribution in [1.29, 1.82) is 0 Å². The number of hydrogen-bond donors (Lipinski definition) is 7. The molecule has 7 N–H and O–H groups in total. The minimum absolute atomic E-state index is 0.0519. The topological polar surface area (TPSA) is 231 Å². The maximum Gasteiger partial charge on any atom is 0.337 e. The van der Waals surface area contributed by atoms with Crippen LogP contribution in [0.5, 0.6) is 11.5 Å². The molecule has 15 nitrogen and oxygen atoms in total. The fourth-order valence-electron chi connectivity index (χ4n) is 4.37. The Kier molecular flexibility index (Phi) is 11.5. The van der Waals surface area contributed by atoms with Gasteiger partial charge in [-0.3, -0.25) is 4.79 Å². The van der Waals surface area contributed by atoms with Crippen LogP contribution in [0.3, 0.4) is 0 Å². The summed E-state index contributed by atoms with van der Waals surface area (Å²) in [6.45, 7) is -1.59. The highest BCUT2D eigenvalue weighted by Gasteiger charge is 2.47. The van der Waals surface area contributed by atoms with Crippen molar-refractivity contribution in [3.05, 3.63) is 47.2 Å². The molecule has 3 rings (SSSR count). The molecule has 1 saturated heterocycles. The van der Waals surface area contributed by atoms with E-state index >= 15 is 0 Å². The van der Waals surface area contributed by atoms with E-state index in [0.29, 0.717) is 5.56 Å². The number of aliphatic hydroxyl groups excluding tert-OH is 5. The molecule has 0 unspecified atom stereocenters. The van der Waals surface area contributed by atoms with Crippen molar-refractivity contribution >= 4 is 11.9 Å². The fourth-order valence-corrected chi connectivity index (χ4v) is 4.37. The number of aromatic hydroxyl groups is 2. The van der Waals surface area contributed by atoms with Crippen LogP contribution in [0.15, 0.2) is 41.7 Å². The van der Waals surface area contributed by atoms with E-state index in [-0.39, 0.29) is 23.5 Å². The number of carbonyl (C=O) groups is 2. The first-order valence-corrected chi connectivity index (χ1v) is 12.5. The van der Waals surface area contributed by atoms with Gasteiger partial charge in [0.05, 0.1) is 38.6 Å². The summed E-state index contributed by atoms with van der Waals surface area (Å²) in [5, 5.41) is 68.9. The van der Waals surface area contributed by atoms with Crippen molar-refractivity contribution in [3.63, 3.8) is 0 Å². The van der Waals surface area contributed by atoms with Crippen molar-refractivity contribution < 1.29 is 73.8 Å². The number of benzene rings is 1. The summed E-state index contributed by atoms with van der Waals surface area (Å²) in [6.07, 6.45) is -8.60. The van der Waals surface area contributed by atoms with Crippen molar-refractivity contribution in [2.75, 3.05) is 34.0 Å². The van der Waals surface area contributed by atoms with Crippen molar-refractivity contribution in [3.8, 4) is 11.5 Å². The molecule has 228 valence electrons. The lowest BCUT2D eigenvalue weighted by molar-refractivity contribution is -0.327. The number of rotatable bonds is 11. The van der Waals surface area contributed by atoms with Gasteiger partial charge in [0.1, 0.15) is 37.1 Å². The third kappa shape index (κ3) is 7.52. The van der Waals surface area contributed by atoms with Crippen LogP contribution in [0.1, 0.15) is 18.1 Å². The zero-order valence-electron chi connectivity index (χ0n) is 22.2. The van der Waals surface area contributed by atoms with Gasteiger partial charge in [0, 0.05) is 18.6 Å². The maximum atomic E-state index is 12.9. The number of phenolic OH excluding ortho intramolecular Hbond substituents is 2. The van der Waals surface area contributed by atoms with E-state index in [0.717, 1.165) is 13.4 Å². The molecule has 0 saturated carbocycles. The second-order valence-electron chi connectivity index (χ2n) is 9.17. The Hall–Kier alpha value is -3.28. The second-order valence-corrected chi connectivity index (χ2v) is 9.17. The Morgan fingerprint density at radius 3 is 2.39 bits per heavy atom. The molecule has 41 heavy (non-hydrogen) atoms. The highest BCUT2D eigenvalue weighted by Crippen LogP contribution is 2.36. The molecule has 0 aliphatic carbocycles. The van der Waals surface area contributed by atoms with Gasteiger partial charge in [0.2, 0.25) is 6.29 Å². The van der Waals surface area contributed by atoms with E-state index in [2.05, 4.69) is 0 Å². The molecule has 8 atom stereocenters. The van der Waals surface area contributed by atoms with Crippen LogP contribution in [-0.4, -0.2) is 119 Å². The van der Waals surface area contributed by atoms with E-state index in [1.54, 1.807) is 0 Å². The summed E-state index contributed by atoms with van der Waals surface area (Å²) in [7, 11) is 2.46. The summed E-state index contributed by atoms with van der Waals surface area (Å²) in [5.74, 6) is -3.51. The van der Waals surface area contributed by atoms with Crippen molar-refractivity contribution in [1.82, 2.24) is 0 Å². The van der Waals surface area contributed by atoms with Gasteiger partial charge >= 0.3 is 11.9 Å². The Morgan fingerprint density at radius 1 is 1.05 bits per heavy atom. The number of phenols is 2. The summed E-state index contributed by atoms with van der Waals surface area (Å²) in [5.41, 5.74) is 0.339. The van der Waals surface area contributed by atoms with Crippen molar-refractivity contribution in [2.45, 2.75) is 49.5 Å². The number of carbonyl (C=O) groups excluding carboxylic acids is 2. The highest BCUT2D eigenvalue weighted by atomic mass is 16.8. The van der Waals surface area contributed by atoms with Gasteiger partial charge in [-0.1, -0.05) is 12.1 Å². The lowest BCUT2D eigenvalue weighted by atomic mass is 9.86. The third-order valence-electron chi connectivity index (χ3n) is 6.65. The molecule has 0 bridgehead atoms. The Balaban J connectivity index is 1.79. The molecule has 2 heterocycles. The first-order valence-electron chi connectivity index (χ1n) is 12.5. The van der Waals surface area contributed by atoms with Crippen LogP contribution >= 0.6 is 0 Å². The van der Waals surface area contributed by atoms with Gasteiger partial charge in [-0.25, -0.2) is 4.79 Å². The zero-order chi connectivity index (χ0) is 30.3. The molecule has 1 fully saturated rings. The lowest BCUT2D eigenvalue weighted by Gasteiger charge is -2.42. The fraction of sp³-hybridized carbons (Fsp3) is 0.538. The number of aliphatic hydroxyl groups is 5. The van der Waals surface area contributed by atoms with Gasteiger partial charge in [0.15, 0.2) is 17.8 Å². The minimum Gasteiger partial charge on any atom is -0.504 e. The van der Waals surface area contributed by atoms with Crippen LogP contribution in [0.2, 0.25) is 0 Å². The van der Waals surface area contributed by atoms with E-state index in [1.807, 2.05) is 0 Å². The van der Waals surface area contributed by atoms with Crippen LogP contribution in [0, 0.1) is 5.92 Å². The molecular weight excluding hydrogens is 552 g/mol. The smallest absolute Gasteiger partial charge is 0.337 e. The predicted molar refractivity (Wildman–Crippen MR) is 134 cm³/mol. The molecule has 15 heteroatoms. The normalized spacial score (nSPS) is 29.8. The van der Waals surface area contributed by atoms with E-state index in [1.165, 1.54) is 31.4 Å². The van der Waals surface area contributed by atoms with E-state index in [4.69, 9.17) is 28.4 Å². The van der Waals surface area contributed by atoms with Crippen LogP contribution in [-0.2, 0) is 38.0 Å². The third-order valence-corrected chi connectivity index (χ3v) is 6.65. The predicted octanol–water partition coefficient (Wildman–Crippen LogP) is -1.52. The average Bonchev–Trinajstić information content (AvgIpc) is 2.96. The molecule has 1 aromatic rings. The van der Waals surface area contributed by atoms with Crippen molar-refractivity contribution in [2.24, 2.45) is 5.92 Å². The summed E-state index contributed by atoms with van der Waals surface area (Å²) in [4.78, 5) is 25.4. The Labute approximate surface area is 234 Å². The summed E-state index contributed by atoms with van der Waals surface area (Å²) in [6, 6.07) is 3.96. The second kappa shape index (κ2) is 14.6. The largest absolute Gasteiger partial charge is 0.504 e. The summed E-state index contributed by atoms with van der Waals surface area (Å²) < 4.78 is 32.0. The number of methoxy groups -OCH3 is 2. The minimum atomic E-state index is -1.77. The number of esters is 2. The standard InChI is InChI=1S/C26H34O15/c1-36-19(12-3-4-16(29)17(30)7-12)11-38-20(31)8-14-13(5-6-27)25(39-10-15(14)24(35)37-2)41-26-23(34)22(33)21(32)18(9-28)40-26/h3-5,7,10,14,18-19,21-23,25-30,32-34H,6,8-9,11H2,1-2H3/b13-5+/t14-,18+,19+,21+,22-,23+,25-,26-/m0/s1. The van der Waals surface area contributed by atoms with Gasteiger partial charge < -0.3 is 64.2 Å². The van der Waals surface area contributed by atoms with E-state index < -0.39 is 86.3 Å². The quantitative estimate of drug-likeness (QED) is 0.0887. The lowest BCUT2D eigenvalue weighted by Crippen LogP contribution is -2.60. The molecule has 1 aromatic carbocycles. The number of hydrogen-bond acceptors (Lipinski definition) is 15. The zero-order valence-corrected chi connectivity index (χ0v) is 22.2. The highest BCUT2D eigenvalue weighted by molar-refractivity contribution is 5.90. The van der Waals surface area contributed by atoms with E-state index in [9.17, 15) is 45.3 Å². The van der Waals surface area contributed by atoms with Crippen LogP contribution in [0.4, 0.5) is 0 Å². The molecule has 0 radical (unpaired) electrons. The molecule has 0 aromatic heterocycles.